The molecule has 0 unspecified atom stereocenters. The molecule has 5 rings (SSSR count). The number of anilines is 1. The van der Waals surface area contributed by atoms with E-state index in [1.807, 2.05) is 31.3 Å². The SMILES string of the molecule is CN(c1nc(CSc2ccc(Cl)cc2)nc2sc3c(c12)CCC3)[C@@H]1CCS(=O)(=O)C1. The van der Waals surface area contributed by atoms with Crippen molar-refractivity contribution in [1.29, 1.82) is 0 Å². The lowest BCUT2D eigenvalue weighted by Gasteiger charge is -2.26. The van der Waals surface area contributed by atoms with Crippen molar-refractivity contribution in [2.45, 2.75) is 42.4 Å². The summed E-state index contributed by atoms with van der Waals surface area (Å²) in [7, 11) is -0.969. The number of hydrogen-bond donors (Lipinski definition) is 0. The molecule has 1 fully saturated rings. The summed E-state index contributed by atoms with van der Waals surface area (Å²) in [4.78, 5) is 15.5. The topological polar surface area (TPSA) is 63.2 Å². The number of benzene rings is 1. The minimum atomic E-state index is -2.96. The van der Waals surface area contributed by atoms with Gasteiger partial charge in [-0.2, -0.15) is 0 Å². The van der Waals surface area contributed by atoms with Crippen LogP contribution < -0.4 is 4.90 Å². The number of thioether (sulfide) groups is 1. The van der Waals surface area contributed by atoms with Gasteiger partial charge in [-0.15, -0.1) is 23.1 Å². The molecule has 0 amide bonds. The van der Waals surface area contributed by atoms with Crippen molar-refractivity contribution < 1.29 is 8.42 Å². The molecule has 1 saturated heterocycles. The lowest BCUT2D eigenvalue weighted by atomic mass is 10.1. The Hall–Kier alpha value is -1.35. The quantitative estimate of drug-likeness (QED) is 0.492. The Morgan fingerprint density at radius 1 is 1.23 bits per heavy atom. The van der Waals surface area contributed by atoms with E-state index in [0.717, 1.165) is 44.6 Å². The number of rotatable bonds is 5. The predicted octanol–water partition coefficient (Wildman–Crippen LogP) is 4.75. The van der Waals surface area contributed by atoms with Gasteiger partial charge in [-0.25, -0.2) is 18.4 Å². The van der Waals surface area contributed by atoms with Crippen LogP contribution >= 0.6 is 34.7 Å². The predicted molar refractivity (Wildman–Crippen MR) is 126 cm³/mol. The van der Waals surface area contributed by atoms with Crippen LogP contribution in [0.1, 0.15) is 29.1 Å². The van der Waals surface area contributed by atoms with Crippen molar-refractivity contribution in [1.82, 2.24) is 9.97 Å². The monoisotopic (exact) mass is 479 g/mol. The lowest BCUT2D eigenvalue weighted by Crippen LogP contribution is -2.33. The van der Waals surface area contributed by atoms with Crippen molar-refractivity contribution in [3.63, 3.8) is 0 Å². The molecule has 2 aliphatic rings. The number of hydrogen-bond acceptors (Lipinski definition) is 7. The highest BCUT2D eigenvalue weighted by Crippen LogP contribution is 2.41. The minimum Gasteiger partial charge on any atom is -0.355 e. The molecular weight excluding hydrogens is 458 g/mol. The number of thiophene rings is 1. The number of halogens is 1. The van der Waals surface area contributed by atoms with Gasteiger partial charge >= 0.3 is 0 Å². The van der Waals surface area contributed by atoms with Gasteiger partial charge in [-0.05, 0) is 55.5 Å². The first kappa shape index (κ1) is 20.5. The molecule has 30 heavy (non-hydrogen) atoms. The van der Waals surface area contributed by atoms with Gasteiger partial charge in [0.05, 0.1) is 22.6 Å². The highest BCUT2D eigenvalue weighted by molar-refractivity contribution is 7.98. The van der Waals surface area contributed by atoms with Gasteiger partial charge in [0, 0.05) is 27.9 Å². The Kier molecular flexibility index (Phi) is 5.46. The zero-order chi connectivity index (χ0) is 20.9. The zero-order valence-electron chi connectivity index (χ0n) is 16.6. The van der Waals surface area contributed by atoms with Crippen molar-refractivity contribution in [2.24, 2.45) is 0 Å². The van der Waals surface area contributed by atoms with E-state index >= 15 is 0 Å². The number of nitrogens with zero attached hydrogens (tertiary/aromatic N) is 3. The third-order valence-corrected chi connectivity index (χ3v) is 10.1. The minimum absolute atomic E-state index is 0.0261. The van der Waals surface area contributed by atoms with Gasteiger partial charge < -0.3 is 4.90 Å². The summed E-state index contributed by atoms with van der Waals surface area (Å²) in [6, 6.07) is 7.75. The lowest BCUT2D eigenvalue weighted by molar-refractivity contribution is 0.600. The molecule has 2 aromatic heterocycles. The number of aryl methyl sites for hydroxylation is 2. The van der Waals surface area contributed by atoms with Crippen molar-refractivity contribution in [3.8, 4) is 0 Å². The van der Waals surface area contributed by atoms with E-state index < -0.39 is 9.84 Å². The maximum atomic E-state index is 12.1. The molecule has 0 spiro atoms. The van der Waals surface area contributed by atoms with Crippen LogP contribution in [0.2, 0.25) is 5.02 Å². The second kappa shape index (κ2) is 7.97. The molecule has 158 valence electrons. The van der Waals surface area contributed by atoms with Crippen LogP contribution in [0, 0.1) is 0 Å². The zero-order valence-corrected chi connectivity index (χ0v) is 19.8. The van der Waals surface area contributed by atoms with Crippen molar-refractivity contribution in [3.05, 3.63) is 45.6 Å². The van der Waals surface area contributed by atoms with E-state index in [2.05, 4.69) is 4.90 Å². The fourth-order valence-corrected chi connectivity index (χ4v) is 8.20. The molecule has 0 saturated carbocycles. The largest absolute Gasteiger partial charge is 0.355 e. The van der Waals surface area contributed by atoms with Crippen LogP contribution in [0.4, 0.5) is 5.82 Å². The molecule has 3 heterocycles. The average Bonchev–Trinajstić information content (AvgIpc) is 3.40. The molecule has 0 radical (unpaired) electrons. The first-order valence-corrected chi connectivity index (χ1v) is 14.0. The summed E-state index contributed by atoms with van der Waals surface area (Å²) in [5.41, 5.74) is 1.37. The number of fused-ring (bicyclic) bond motifs is 3. The maximum Gasteiger partial charge on any atom is 0.152 e. The maximum absolute atomic E-state index is 12.1. The Bertz CT molecular complexity index is 1210. The summed E-state index contributed by atoms with van der Waals surface area (Å²) in [5, 5.41) is 1.86. The van der Waals surface area contributed by atoms with Gasteiger partial charge in [0.2, 0.25) is 0 Å². The summed E-state index contributed by atoms with van der Waals surface area (Å²) >= 11 is 9.44. The van der Waals surface area contributed by atoms with Gasteiger partial charge in [0.1, 0.15) is 16.5 Å². The smallest absolute Gasteiger partial charge is 0.152 e. The first-order chi connectivity index (χ1) is 14.4. The Labute approximate surface area is 189 Å². The van der Waals surface area contributed by atoms with Crippen LogP contribution in [0.5, 0.6) is 0 Å². The Morgan fingerprint density at radius 3 is 2.77 bits per heavy atom. The highest BCUT2D eigenvalue weighted by atomic mass is 35.5. The molecule has 1 aliphatic carbocycles. The van der Waals surface area contributed by atoms with E-state index in [9.17, 15) is 8.42 Å². The van der Waals surface area contributed by atoms with Crippen LogP contribution in [0.15, 0.2) is 29.2 Å². The Balaban J connectivity index is 1.51. The molecule has 9 heteroatoms. The first-order valence-electron chi connectivity index (χ1n) is 10.0. The standard InChI is InChI=1S/C21H22ClN3O2S3/c1-25(14-9-10-30(26,27)12-14)20-19-16-3-2-4-17(16)29-21(19)24-18(23-20)11-28-15-7-5-13(22)6-8-15/h5-8,14H,2-4,9-12H2,1H3/t14-/m1/s1. The van der Waals surface area contributed by atoms with Gasteiger partial charge in [-0.1, -0.05) is 11.6 Å². The van der Waals surface area contributed by atoms with E-state index in [1.54, 1.807) is 23.1 Å². The molecule has 0 N–H and O–H groups in total. The van der Waals surface area contributed by atoms with E-state index in [1.165, 1.54) is 16.9 Å². The second-order valence-electron chi connectivity index (χ2n) is 7.91. The molecular formula is C21H22ClN3O2S3. The van der Waals surface area contributed by atoms with Crippen LogP contribution in [-0.2, 0) is 28.4 Å². The molecule has 0 bridgehead atoms. The highest BCUT2D eigenvalue weighted by Gasteiger charge is 2.33. The summed E-state index contributed by atoms with van der Waals surface area (Å²) in [5.74, 6) is 2.80. The molecule has 1 aliphatic heterocycles. The summed E-state index contributed by atoms with van der Waals surface area (Å²) in [6.45, 7) is 0. The van der Waals surface area contributed by atoms with Crippen LogP contribution in [-0.4, -0.2) is 43.0 Å². The van der Waals surface area contributed by atoms with Gasteiger partial charge in [0.25, 0.3) is 0 Å². The number of sulfone groups is 1. The van der Waals surface area contributed by atoms with Crippen molar-refractivity contribution in [2.75, 3.05) is 23.5 Å². The van der Waals surface area contributed by atoms with Crippen LogP contribution in [0.3, 0.4) is 0 Å². The normalized spacial score (nSPS) is 20.0. The summed E-state index contributed by atoms with van der Waals surface area (Å²) < 4.78 is 24.1. The van der Waals surface area contributed by atoms with E-state index in [4.69, 9.17) is 21.6 Å². The average molecular weight is 480 g/mol. The molecule has 1 atom stereocenters. The van der Waals surface area contributed by atoms with Gasteiger partial charge in [0.15, 0.2) is 9.84 Å². The fourth-order valence-electron chi connectivity index (χ4n) is 4.27. The second-order valence-corrected chi connectivity index (χ2v) is 12.7. The third kappa shape index (κ3) is 3.95. The fraction of sp³-hybridized carbons (Fsp3) is 0.429. The molecule has 5 nitrogen and oxygen atoms in total. The molecule has 1 aromatic carbocycles. The van der Waals surface area contributed by atoms with Crippen molar-refractivity contribution >= 4 is 60.6 Å². The van der Waals surface area contributed by atoms with E-state index in [-0.39, 0.29) is 17.5 Å². The molecule has 3 aromatic rings. The summed E-state index contributed by atoms with van der Waals surface area (Å²) in [6.07, 6.45) is 3.99. The van der Waals surface area contributed by atoms with Gasteiger partial charge in [-0.3, -0.25) is 0 Å². The van der Waals surface area contributed by atoms with Crippen LogP contribution in [0.25, 0.3) is 10.2 Å². The van der Waals surface area contributed by atoms with E-state index in [0.29, 0.717) is 12.2 Å². The third-order valence-electron chi connectivity index (χ3n) is 5.86. The Morgan fingerprint density at radius 2 is 2.03 bits per heavy atom. The number of aromatic nitrogens is 2.